The van der Waals surface area contributed by atoms with Crippen LogP contribution < -0.4 is 10.2 Å². The first kappa shape index (κ1) is 14.3. The lowest BCUT2D eigenvalue weighted by atomic mass is 10.1. The van der Waals surface area contributed by atoms with Gasteiger partial charge in [0, 0.05) is 10.9 Å². The standard InChI is InChI=1S/C14H17N3O2S/c1-4-10-5-11(13(18)12(6-10)19-3)7-15-17-14-16-9(2)8-20-14/h5-8,18H,4H2,1-3H3,(H,16,17). The maximum absolute atomic E-state index is 10.1. The third kappa shape index (κ3) is 3.27. The maximum atomic E-state index is 10.1. The van der Waals surface area contributed by atoms with Crippen molar-refractivity contribution in [3.8, 4) is 11.5 Å². The second kappa shape index (κ2) is 6.38. The third-order valence-corrected chi connectivity index (χ3v) is 3.64. The maximum Gasteiger partial charge on any atom is 0.203 e. The van der Waals surface area contributed by atoms with Crippen molar-refractivity contribution in [1.29, 1.82) is 0 Å². The molecule has 0 spiro atoms. The lowest BCUT2D eigenvalue weighted by molar-refractivity contribution is 0.372. The molecule has 1 aromatic carbocycles. The summed E-state index contributed by atoms with van der Waals surface area (Å²) < 4.78 is 5.15. The number of anilines is 1. The highest BCUT2D eigenvalue weighted by Crippen LogP contribution is 2.30. The summed E-state index contributed by atoms with van der Waals surface area (Å²) in [6.07, 6.45) is 2.42. The molecule has 1 heterocycles. The summed E-state index contributed by atoms with van der Waals surface area (Å²) in [5, 5.41) is 16.8. The molecule has 1 aromatic heterocycles. The molecule has 0 fully saturated rings. The zero-order valence-electron chi connectivity index (χ0n) is 11.7. The summed E-state index contributed by atoms with van der Waals surface area (Å²) in [5.74, 6) is 0.543. The van der Waals surface area contributed by atoms with Crippen LogP contribution >= 0.6 is 11.3 Å². The minimum absolute atomic E-state index is 0.0885. The van der Waals surface area contributed by atoms with E-state index in [0.717, 1.165) is 22.8 Å². The molecule has 2 rings (SSSR count). The Hall–Kier alpha value is -2.08. The smallest absolute Gasteiger partial charge is 0.203 e. The SMILES string of the molecule is CCc1cc(C=NNc2nc(C)cs2)c(O)c(OC)c1. The van der Waals surface area contributed by atoms with E-state index in [2.05, 4.69) is 15.5 Å². The highest BCUT2D eigenvalue weighted by atomic mass is 32.1. The van der Waals surface area contributed by atoms with Gasteiger partial charge in [-0.15, -0.1) is 11.3 Å². The Bertz CT molecular complexity index is 623. The summed E-state index contributed by atoms with van der Waals surface area (Å²) in [6.45, 7) is 3.97. The molecule has 0 aliphatic rings. The molecule has 0 unspecified atom stereocenters. The van der Waals surface area contributed by atoms with Crippen molar-refractivity contribution >= 4 is 22.7 Å². The molecule has 106 valence electrons. The van der Waals surface area contributed by atoms with E-state index in [4.69, 9.17) is 4.74 Å². The number of benzene rings is 1. The number of hydrazone groups is 1. The molecule has 5 nitrogen and oxygen atoms in total. The van der Waals surface area contributed by atoms with E-state index >= 15 is 0 Å². The van der Waals surface area contributed by atoms with Crippen molar-refractivity contribution in [1.82, 2.24) is 4.98 Å². The largest absolute Gasteiger partial charge is 0.504 e. The van der Waals surface area contributed by atoms with Crippen LogP contribution in [-0.2, 0) is 6.42 Å². The van der Waals surface area contributed by atoms with E-state index < -0.39 is 0 Å². The average Bonchev–Trinajstić information content (AvgIpc) is 2.86. The summed E-state index contributed by atoms with van der Waals surface area (Å²) in [7, 11) is 1.53. The molecule has 6 heteroatoms. The van der Waals surface area contributed by atoms with Gasteiger partial charge >= 0.3 is 0 Å². The predicted octanol–water partition coefficient (Wildman–Crippen LogP) is 3.17. The summed E-state index contributed by atoms with van der Waals surface area (Å²) in [6, 6.07) is 3.71. The Kier molecular flexibility index (Phi) is 4.57. The number of aromatic nitrogens is 1. The van der Waals surface area contributed by atoms with E-state index in [9.17, 15) is 5.11 Å². The lowest BCUT2D eigenvalue weighted by Crippen LogP contribution is -1.95. The van der Waals surface area contributed by atoms with Crippen molar-refractivity contribution in [3.05, 3.63) is 34.3 Å². The van der Waals surface area contributed by atoms with Crippen LogP contribution in [0.1, 0.15) is 23.7 Å². The molecule has 0 saturated carbocycles. The fourth-order valence-electron chi connectivity index (χ4n) is 1.71. The van der Waals surface area contributed by atoms with Crippen LogP contribution in [0.15, 0.2) is 22.6 Å². The highest BCUT2D eigenvalue weighted by Gasteiger charge is 2.08. The van der Waals surface area contributed by atoms with Gasteiger partial charge in [-0.25, -0.2) is 4.98 Å². The van der Waals surface area contributed by atoms with Crippen molar-refractivity contribution in [3.63, 3.8) is 0 Å². The number of aryl methyl sites for hydroxylation is 2. The van der Waals surface area contributed by atoms with Crippen LogP contribution in [0.25, 0.3) is 0 Å². The molecule has 2 N–H and O–H groups in total. The minimum Gasteiger partial charge on any atom is -0.504 e. The number of phenolic OH excluding ortho intramolecular Hbond substituents is 1. The van der Waals surface area contributed by atoms with Crippen LogP contribution in [0.5, 0.6) is 11.5 Å². The molecular formula is C14H17N3O2S. The number of nitrogens with one attached hydrogen (secondary N) is 1. The number of ether oxygens (including phenoxy) is 1. The second-order valence-corrected chi connectivity index (χ2v) is 5.11. The van der Waals surface area contributed by atoms with Crippen LogP contribution in [-0.4, -0.2) is 23.4 Å². The zero-order chi connectivity index (χ0) is 14.5. The Balaban J connectivity index is 2.19. The van der Waals surface area contributed by atoms with Gasteiger partial charge in [0.05, 0.1) is 19.0 Å². The van der Waals surface area contributed by atoms with E-state index in [1.165, 1.54) is 18.4 Å². The van der Waals surface area contributed by atoms with Gasteiger partial charge in [-0.2, -0.15) is 5.10 Å². The second-order valence-electron chi connectivity index (χ2n) is 4.25. The number of hydrogen-bond donors (Lipinski definition) is 2. The van der Waals surface area contributed by atoms with E-state index in [1.807, 2.05) is 31.4 Å². The van der Waals surface area contributed by atoms with Crippen LogP contribution in [0.3, 0.4) is 0 Å². The predicted molar refractivity (Wildman–Crippen MR) is 82.1 cm³/mol. The number of hydrogen-bond acceptors (Lipinski definition) is 6. The first-order valence-corrected chi connectivity index (χ1v) is 7.13. The van der Waals surface area contributed by atoms with Crippen molar-refractivity contribution in [2.75, 3.05) is 12.5 Å². The number of rotatable bonds is 5. The van der Waals surface area contributed by atoms with E-state index in [0.29, 0.717) is 11.3 Å². The molecule has 20 heavy (non-hydrogen) atoms. The zero-order valence-corrected chi connectivity index (χ0v) is 12.5. The van der Waals surface area contributed by atoms with Gasteiger partial charge in [-0.1, -0.05) is 6.92 Å². The van der Waals surface area contributed by atoms with Gasteiger partial charge in [0.2, 0.25) is 5.13 Å². The molecule has 0 atom stereocenters. The quantitative estimate of drug-likeness (QED) is 0.656. The number of nitrogens with zero attached hydrogens (tertiary/aromatic N) is 2. The van der Waals surface area contributed by atoms with Crippen molar-refractivity contribution in [2.45, 2.75) is 20.3 Å². The van der Waals surface area contributed by atoms with Gasteiger partial charge in [0.25, 0.3) is 0 Å². The van der Waals surface area contributed by atoms with Crippen LogP contribution in [0.4, 0.5) is 5.13 Å². The number of methoxy groups -OCH3 is 1. The van der Waals surface area contributed by atoms with E-state index in [-0.39, 0.29) is 5.75 Å². The van der Waals surface area contributed by atoms with E-state index in [1.54, 1.807) is 6.21 Å². The monoisotopic (exact) mass is 291 g/mol. The molecular weight excluding hydrogens is 274 g/mol. The Morgan fingerprint density at radius 1 is 1.50 bits per heavy atom. The lowest BCUT2D eigenvalue weighted by Gasteiger charge is -2.08. The van der Waals surface area contributed by atoms with Gasteiger partial charge in [-0.05, 0) is 31.0 Å². The number of phenols is 1. The number of aromatic hydroxyl groups is 1. The summed E-state index contributed by atoms with van der Waals surface area (Å²) in [4.78, 5) is 4.24. The molecule has 0 saturated heterocycles. The normalized spacial score (nSPS) is 10.9. The van der Waals surface area contributed by atoms with Gasteiger partial charge < -0.3 is 9.84 Å². The fourth-order valence-corrected chi connectivity index (χ4v) is 2.35. The highest BCUT2D eigenvalue weighted by molar-refractivity contribution is 7.13. The Morgan fingerprint density at radius 2 is 2.30 bits per heavy atom. The third-order valence-electron chi connectivity index (χ3n) is 2.78. The molecule has 2 aromatic rings. The Labute approximate surface area is 121 Å². The Morgan fingerprint density at radius 3 is 2.90 bits per heavy atom. The topological polar surface area (TPSA) is 66.7 Å². The molecule has 0 amide bonds. The molecule has 0 aliphatic heterocycles. The first-order valence-electron chi connectivity index (χ1n) is 6.25. The van der Waals surface area contributed by atoms with Gasteiger partial charge in [0.15, 0.2) is 11.5 Å². The number of thiazole rings is 1. The summed E-state index contributed by atoms with van der Waals surface area (Å²) in [5.41, 5.74) is 5.48. The van der Waals surface area contributed by atoms with Crippen molar-refractivity contribution in [2.24, 2.45) is 5.10 Å². The van der Waals surface area contributed by atoms with Crippen molar-refractivity contribution < 1.29 is 9.84 Å². The van der Waals surface area contributed by atoms with Crippen LogP contribution in [0.2, 0.25) is 0 Å². The first-order chi connectivity index (χ1) is 9.63. The molecule has 0 bridgehead atoms. The molecule has 0 radical (unpaired) electrons. The minimum atomic E-state index is 0.0885. The summed E-state index contributed by atoms with van der Waals surface area (Å²) >= 11 is 1.48. The van der Waals surface area contributed by atoms with Crippen LogP contribution in [0, 0.1) is 6.92 Å². The average molecular weight is 291 g/mol. The van der Waals surface area contributed by atoms with Gasteiger partial charge in [0.1, 0.15) is 0 Å². The fraction of sp³-hybridized carbons (Fsp3) is 0.286. The molecule has 0 aliphatic carbocycles. The van der Waals surface area contributed by atoms with Gasteiger partial charge in [-0.3, -0.25) is 5.43 Å².